The van der Waals surface area contributed by atoms with Gasteiger partial charge in [-0.3, -0.25) is 0 Å². The zero-order valence-electron chi connectivity index (χ0n) is 20.3. The van der Waals surface area contributed by atoms with Crippen LogP contribution in [0.25, 0.3) is 0 Å². The molecule has 0 aliphatic carbocycles. The zero-order valence-corrected chi connectivity index (χ0v) is 21.3. The third kappa shape index (κ3) is 18.5. The first-order valence-electron chi connectivity index (χ1n) is 12.8. The van der Waals surface area contributed by atoms with Gasteiger partial charge in [-0.2, -0.15) is 0 Å². The lowest BCUT2D eigenvalue weighted by Gasteiger charge is -2.28. The van der Waals surface area contributed by atoms with E-state index in [1.807, 2.05) is 0 Å². The molecule has 0 radical (unpaired) electrons. The molecule has 0 aromatic heterocycles. The third-order valence-corrected chi connectivity index (χ3v) is 7.34. The molecular formula is C24H52O4Si. The van der Waals surface area contributed by atoms with Crippen LogP contribution in [0.15, 0.2) is 0 Å². The minimum absolute atomic E-state index is 0.686. The number of hydrogen-bond acceptors (Lipinski definition) is 4. The Morgan fingerprint density at radius 2 is 0.586 bits per heavy atom. The average molecular weight is 433 g/mol. The molecule has 0 aromatic rings. The van der Waals surface area contributed by atoms with E-state index in [2.05, 4.69) is 27.7 Å². The van der Waals surface area contributed by atoms with Gasteiger partial charge >= 0.3 is 9.05 Å². The Kier molecular flexibility index (Phi) is 22.8. The van der Waals surface area contributed by atoms with Crippen LogP contribution in [0, 0.1) is 0 Å². The lowest BCUT2D eigenvalue weighted by Crippen LogP contribution is -2.50. The Bertz CT molecular complexity index is 254. The third-order valence-electron chi connectivity index (χ3n) is 5.11. The fourth-order valence-electron chi connectivity index (χ4n) is 3.15. The molecule has 0 aromatic carbocycles. The van der Waals surface area contributed by atoms with Crippen LogP contribution in [0.2, 0.25) is 0 Å². The average Bonchev–Trinajstić information content (AvgIpc) is 2.73. The molecule has 4 nitrogen and oxygen atoms in total. The molecule has 0 fully saturated rings. The van der Waals surface area contributed by atoms with Gasteiger partial charge in [0.2, 0.25) is 0 Å². The second-order valence-electron chi connectivity index (χ2n) is 8.14. The summed E-state index contributed by atoms with van der Waals surface area (Å²) in [5.41, 5.74) is 0. The van der Waals surface area contributed by atoms with Crippen molar-refractivity contribution in [1.29, 1.82) is 0 Å². The predicted molar refractivity (Wildman–Crippen MR) is 126 cm³/mol. The summed E-state index contributed by atoms with van der Waals surface area (Å²) in [4.78, 5) is 0. The first-order chi connectivity index (χ1) is 14.2. The van der Waals surface area contributed by atoms with Gasteiger partial charge in [0.05, 0.1) is 0 Å². The van der Waals surface area contributed by atoms with Crippen molar-refractivity contribution in [2.24, 2.45) is 0 Å². The van der Waals surface area contributed by atoms with Crippen LogP contribution in [0.3, 0.4) is 0 Å². The van der Waals surface area contributed by atoms with Gasteiger partial charge < -0.3 is 17.7 Å². The standard InChI is InChI=1S/C24H52O4Si/c1-5-9-13-17-21-25-29(26-22-18-14-10-6-2,27-23-19-15-11-7-3)28-24-20-16-12-8-4/h5-24H2,1-4H3. The maximum absolute atomic E-state index is 6.27. The van der Waals surface area contributed by atoms with E-state index in [0.717, 1.165) is 25.7 Å². The second-order valence-corrected chi connectivity index (χ2v) is 10.3. The summed E-state index contributed by atoms with van der Waals surface area (Å²) in [5, 5.41) is 0. The van der Waals surface area contributed by atoms with E-state index in [-0.39, 0.29) is 0 Å². The maximum atomic E-state index is 6.27. The lowest BCUT2D eigenvalue weighted by atomic mass is 10.2. The van der Waals surface area contributed by atoms with Gasteiger partial charge in [0.1, 0.15) is 0 Å². The fourth-order valence-corrected chi connectivity index (χ4v) is 5.23. The highest BCUT2D eigenvalue weighted by atomic mass is 28.4. The van der Waals surface area contributed by atoms with Gasteiger partial charge in [-0.25, -0.2) is 0 Å². The van der Waals surface area contributed by atoms with Gasteiger partial charge in [-0.05, 0) is 25.7 Å². The highest BCUT2D eigenvalue weighted by Crippen LogP contribution is 2.17. The summed E-state index contributed by atoms with van der Waals surface area (Å²) < 4.78 is 25.1. The van der Waals surface area contributed by atoms with E-state index < -0.39 is 9.05 Å². The van der Waals surface area contributed by atoms with Gasteiger partial charge in [0.25, 0.3) is 0 Å². The molecule has 0 saturated heterocycles. The van der Waals surface area contributed by atoms with Crippen molar-refractivity contribution >= 4 is 9.05 Å². The van der Waals surface area contributed by atoms with Crippen LogP contribution in [0.1, 0.15) is 130 Å². The zero-order chi connectivity index (χ0) is 21.5. The minimum atomic E-state index is -3.04. The van der Waals surface area contributed by atoms with Crippen LogP contribution in [0.5, 0.6) is 0 Å². The first kappa shape index (κ1) is 29.1. The van der Waals surface area contributed by atoms with Crippen molar-refractivity contribution in [1.82, 2.24) is 0 Å². The van der Waals surface area contributed by atoms with Crippen LogP contribution in [-0.2, 0) is 17.7 Å². The first-order valence-corrected chi connectivity index (χ1v) is 14.4. The van der Waals surface area contributed by atoms with E-state index in [1.165, 1.54) is 77.0 Å². The molecule has 0 saturated carbocycles. The van der Waals surface area contributed by atoms with Crippen molar-refractivity contribution in [2.75, 3.05) is 26.4 Å². The molecule has 176 valence electrons. The molecule has 0 unspecified atom stereocenters. The Balaban J connectivity index is 4.69. The van der Waals surface area contributed by atoms with E-state index in [1.54, 1.807) is 0 Å². The van der Waals surface area contributed by atoms with E-state index in [0.29, 0.717) is 26.4 Å². The van der Waals surface area contributed by atoms with E-state index in [9.17, 15) is 0 Å². The largest absolute Gasteiger partial charge is 0.679 e. The predicted octanol–water partition coefficient (Wildman–Crippen LogP) is 7.81. The summed E-state index contributed by atoms with van der Waals surface area (Å²) in [6, 6.07) is 0. The maximum Gasteiger partial charge on any atom is 0.679 e. The molecule has 29 heavy (non-hydrogen) atoms. The van der Waals surface area contributed by atoms with Crippen molar-refractivity contribution in [3.05, 3.63) is 0 Å². The van der Waals surface area contributed by atoms with Gasteiger partial charge in [-0.15, -0.1) is 0 Å². The monoisotopic (exact) mass is 432 g/mol. The topological polar surface area (TPSA) is 36.9 Å². The van der Waals surface area contributed by atoms with Crippen molar-refractivity contribution < 1.29 is 17.7 Å². The molecule has 0 atom stereocenters. The fraction of sp³-hybridized carbons (Fsp3) is 1.00. The van der Waals surface area contributed by atoms with Crippen LogP contribution in [-0.4, -0.2) is 35.5 Å². The minimum Gasteiger partial charge on any atom is -0.351 e. The molecule has 0 spiro atoms. The van der Waals surface area contributed by atoms with Crippen molar-refractivity contribution in [3.63, 3.8) is 0 Å². The van der Waals surface area contributed by atoms with E-state index in [4.69, 9.17) is 17.7 Å². The smallest absolute Gasteiger partial charge is 0.351 e. The quantitative estimate of drug-likeness (QED) is 0.115. The number of rotatable bonds is 24. The Labute approximate surface area is 183 Å². The Hall–Kier alpha value is 0.0569. The Morgan fingerprint density at radius 3 is 0.793 bits per heavy atom. The molecule has 0 amide bonds. The molecule has 5 heteroatoms. The summed E-state index contributed by atoms with van der Waals surface area (Å²) in [5.74, 6) is 0. The Morgan fingerprint density at radius 1 is 0.345 bits per heavy atom. The molecule has 0 bridgehead atoms. The summed E-state index contributed by atoms with van der Waals surface area (Å²) >= 11 is 0. The molecule has 0 aliphatic rings. The van der Waals surface area contributed by atoms with Crippen LogP contribution >= 0.6 is 0 Å². The highest BCUT2D eigenvalue weighted by molar-refractivity contribution is 6.53. The van der Waals surface area contributed by atoms with Crippen LogP contribution < -0.4 is 0 Å². The molecular weight excluding hydrogens is 380 g/mol. The second kappa shape index (κ2) is 22.7. The van der Waals surface area contributed by atoms with Gasteiger partial charge in [-0.1, -0.05) is 105 Å². The molecule has 0 aliphatic heterocycles. The molecule has 0 rings (SSSR count). The van der Waals surface area contributed by atoms with Gasteiger partial charge in [0, 0.05) is 26.4 Å². The summed E-state index contributed by atoms with van der Waals surface area (Å²) in [7, 11) is -3.04. The SMILES string of the molecule is CCCCCCO[Si](OCCCCCC)(OCCCCCC)OCCCCCC. The van der Waals surface area contributed by atoms with E-state index >= 15 is 0 Å². The lowest BCUT2D eigenvalue weighted by molar-refractivity contribution is -0.0375. The number of hydrogen-bond donors (Lipinski definition) is 0. The number of unbranched alkanes of at least 4 members (excludes halogenated alkanes) is 12. The molecule has 0 N–H and O–H groups in total. The normalized spacial score (nSPS) is 12.0. The van der Waals surface area contributed by atoms with Crippen LogP contribution in [0.4, 0.5) is 0 Å². The summed E-state index contributed by atoms with van der Waals surface area (Å²) in [6.45, 7) is 11.7. The van der Waals surface area contributed by atoms with Gasteiger partial charge in [0.15, 0.2) is 0 Å². The van der Waals surface area contributed by atoms with Crippen molar-refractivity contribution in [3.8, 4) is 0 Å². The molecule has 0 heterocycles. The summed E-state index contributed by atoms with van der Waals surface area (Å²) in [6.07, 6.45) is 19.0. The van der Waals surface area contributed by atoms with Crippen molar-refractivity contribution in [2.45, 2.75) is 130 Å². The highest BCUT2D eigenvalue weighted by Gasteiger charge is 2.45.